The van der Waals surface area contributed by atoms with Crippen LogP contribution >= 0.6 is 0 Å². The fourth-order valence-electron chi connectivity index (χ4n) is 3.04. The summed E-state index contributed by atoms with van der Waals surface area (Å²) in [5, 5.41) is 0. The third kappa shape index (κ3) is 3.32. The van der Waals surface area contributed by atoms with Gasteiger partial charge in [0.25, 0.3) is 0 Å². The second kappa shape index (κ2) is 6.34. The molecule has 0 N–H and O–H groups in total. The number of anilines is 1. The van der Waals surface area contributed by atoms with Crippen LogP contribution < -0.4 is 9.64 Å². The van der Waals surface area contributed by atoms with Crippen molar-refractivity contribution in [2.45, 2.75) is 37.7 Å². The second-order valence-corrected chi connectivity index (χ2v) is 6.45. The maximum Gasteiger partial charge on any atom is 0.167 e. The SMILES string of the molecule is Fc1ccc(OC2CCN(c3cnc(C4CC4)cn3)CC2)c(F)c1. The minimum absolute atomic E-state index is 0.0695. The Morgan fingerprint density at radius 2 is 1.79 bits per heavy atom. The number of hydrogen-bond donors (Lipinski definition) is 0. The maximum atomic E-state index is 13.7. The molecule has 0 spiro atoms. The molecule has 0 atom stereocenters. The standard InChI is InChI=1S/C18H19F2N3O/c19-13-3-4-17(15(20)9-13)24-14-5-7-23(8-6-14)18-11-21-16(10-22-18)12-1-2-12/h3-4,9-12,14H,1-2,5-8H2. The molecule has 1 aromatic carbocycles. The lowest BCUT2D eigenvalue weighted by molar-refractivity contribution is 0.163. The Bertz CT molecular complexity index is 711. The highest BCUT2D eigenvalue weighted by atomic mass is 19.1. The molecular weight excluding hydrogens is 312 g/mol. The summed E-state index contributed by atoms with van der Waals surface area (Å²) >= 11 is 0. The fraction of sp³-hybridized carbons (Fsp3) is 0.444. The normalized spacial score (nSPS) is 18.7. The number of hydrogen-bond acceptors (Lipinski definition) is 4. The minimum atomic E-state index is -0.654. The first-order valence-electron chi connectivity index (χ1n) is 8.37. The van der Waals surface area contributed by atoms with E-state index in [-0.39, 0.29) is 11.9 Å². The Hall–Kier alpha value is -2.24. The molecule has 0 unspecified atom stereocenters. The van der Waals surface area contributed by atoms with Gasteiger partial charge in [0.1, 0.15) is 17.7 Å². The number of aromatic nitrogens is 2. The average molecular weight is 331 g/mol. The summed E-state index contributed by atoms with van der Waals surface area (Å²) in [5.41, 5.74) is 1.09. The monoisotopic (exact) mass is 331 g/mol. The van der Waals surface area contributed by atoms with E-state index in [4.69, 9.17) is 4.74 Å². The third-order valence-corrected chi connectivity index (χ3v) is 4.61. The summed E-state index contributed by atoms with van der Waals surface area (Å²) in [6.45, 7) is 1.57. The van der Waals surface area contributed by atoms with Crippen molar-refractivity contribution >= 4 is 5.82 Å². The van der Waals surface area contributed by atoms with Crippen LogP contribution in [0.25, 0.3) is 0 Å². The lowest BCUT2D eigenvalue weighted by Gasteiger charge is -2.32. The molecule has 1 saturated heterocycles. The first kappa shape index (κ1) is 15.3. The molecule has 1 saturated carbocycles. The highest BCUT2D eigenvalue weighted by Gasteiger charge is 2.26. The van der Waals surface area contributed by atoms with Crippen molar-refractivity contribution in [3.8, 4) is 5.75 Å². The maximum absolute atomic E-state index is 13.7. The molecule has 4 nitrogen and oxygen atoms in total. The average Bonchev–Trinajstić information content (AvgIpc) is 3.43. The van der Waals surface area contributed by atoms with E-state index in [1.165, 1.54) is 25.0 Å². The Morgan fingerprint density at radius 1 is 1.00 bits per heavy atom. The van der Waals surface area contributed by atoms with E-state index in [2.05, 4.69) is 14.9 Å². The van der Waals surface area contributed by atoms with Crippen LogP contribution in [-0.4, -0.2) is 29.2 Å². The molecule has 1 aromatic heterocycles. The van der Waals surface area contributed by atoms with Crippen molar-refractivity contribution in [2.24, 2.45) is 0 Å². The number of nitrogens with zero attached hydrogens (tertiary/aromatic N) is 3. The van der Waals surface area contributed by atoms with Gasteiger partial charge in [-0.1, -0.05) is 0 Å². The van der Waals surface area contributed by atoms with Gasteiger partial charge in [-0.15, -0.1) is 0 Å². The molecule has 0 bridgehead atoms. The van der Waals surface area contributed by atoms with Crippen molar-refractivity contribution in [3.05, 3.63) is 47.9 Å². The number of ether oxygens (including phenoxy) is 1. The summed E-state index contributed by atoms with van der Waals surface area (Å²) in [5.74, 6) is 0.354. The van der Waals surface area contributed by atoms with E-state index < -0.39 is 11.6 Å². The van der Waals surface area contributed by atoms with Crippen LogP contribution in [0.3, 0.4) is 0 Å². The van der Waals surface area contributed by atoms with Crippen LogP contribution in [0.1, 0.15) is 37.3 Å². The largest absolute Gasteiger partial charge is 0.487 e. The predicted octanol–water partition coefficient (Wildman–Crippen LogP) is 3.68. The Balaban J connectivity index is 1.34. The summed E-state index contributed by atoms with van der Waals surface area (Å²) in [6.07, 6.45) is 7.62. The summed E-state index contributed by atoms with van der Waals surface area (Å²) in [7, 11) is 0. The first-order valence-corrected chi connectivity index (χ1v) is 8.37. The predicted molar refractivity (Wildman–Crippen MR) is 86.2 cm³/mol. The van der Waals surface area contributed by atoms with Crippen LogP contribution in [0.15, 0.2) is 30.6 Å². The van der Waals surface area contributed by atoms with Crippen molar-refractivity contribution in [1.82, 2.24) is 9.97 Å². The van der Waals surface area contributed by atoms with Gasteiger partial charge in [0.05, 0.1) is 18.1 Å². The molecule has 1 aliphatic heterocycles. The van der Waals surface area contributed by atoms with Crippen molar-refractivity contribution < 1.29 is 13.5 Å². The van der Waals surface area contributed by atoms with Gasteiger partial charge < -0.3 is 9.64 Å². The van der Waals surface area contributed by atoms with Crippen molar-refractivity contribution in [3.63, 3.8) is 0 Å². The lowest BCUT2D eigenvalue weighted by atomic mass is 10.1. The van der Waals surface area contributed by atoms with Crippen LogP contribution in [0.5, 0.6) is 5.75 Å². The van der Waals surface area contributed by atoms with Crippen LogP contribution in [0.2, 0.25) is 0 Å². The zero-order valence-electron chi connectivity index (χ0n) is 13.3. The molecule has 0 amide bonds. The number of piperidine rings is 1. The van der Waals surface area contributed by atoms with E-state index in [1.54, 1.807) is 0 Å². The topological polar surface area (TPSA) is 38.2 Å². The summed E-state index contributed by atoms with van der Waals surface area (Å²) in [6, 6.07) is 3.41. The Labute approximate surface area is 139 Å². The molecule has 2 heterocycles. The first-order chi connectivity index (χ1) is 11.7. The molecule has 24 heavy (non-hydrogen) atoms. The van der Waals surface area contributed by atoms with Crippen LogP contribution in [0.4, 0.5) is 14.6 Å². The molecule has 6 heteroatoms. The molecule has 1 aliphatic carbocycles. The van der Waals surface area contributed by atoms with Gasteiger partial charge in [0, 0.05) is 37.9 Å². The van der Waals surface area contributed by atoms with Crippen molar-refractivity contribution in [2.75, 3.05) is 18.0 Å². The van der Waals surface area contributed by atoms with Gasteiger partial charge in [-0.2, -0.15) is 0 Å². The molecule has 2 fully saturated rings. The molecule has 0 radical (unpaired) electrons. The van der Waals surface area contributed by atoms with Gasteiger partial charge >= 0.3 is 0 Å². The Morgan fingerprint density at radius 3 is 2.42 bits per heavy atom. The Kier molecular flexibility index (Phi) is 4.04. The molecular formula is C18H19F2N3O. The fourth-order valence-corrected chi connectivity index (χ4v) is 3.04. The molecule has 4 rings (SSSR count). The lowest BCUT2D eigenvalue weighted by Crippen LogP contribution is -2.38. The highest BCUT2D eigenvalue weighted by molar-refractivity contribution is 5.37. The second-order valence-electron chi connectivity index (χ2n) is 6.45. The minimum Gasteiger partial charge on any atom is -0.487 e. The quantitative estimate of drug-likeness (QED) is 0.857. The van der Waals surface area contributed by atoms with E-state index >= 15 is 0 Å². The summed E-state index contributed by atoms with van der Waals surface area (Å²) < 4.78 is 32.3. The van der Waals surface area contributed by atoms with E-state index in [0.717, 1.165) is 43.5 Å². The van der Waals surface area contributed by atoms with Gasteiger partial charge in [0.2, 0.25) is 0 Å². The number of rotatable bonds is 4. The molecule has 2 aliphatic rings. The highest BCUT2D eigenvalue weighted by Crippen LogP contribution is 2.38. The molecule has 126 valence electrons. The van der Waals surface area contributed by atoms with Gasteiger partial charge in [0.15, 0.2) is 11.6 Å². The van der Waals surface area contributed by atoms with Crippen molar-refractivity contribution in [1.29, 1.82) is 0 Å². The van der Waals surface area contributed by atoms with E-state index in [9.17, 15) is 8.78 Å². The van der Waals surface area contributed by atoms with Crippen LogP contribution in [0, 0.1) is 11.6 Å². The number of halogens is 2. The third-order valence-electron chi connectivity index (χ3n) is 4.61. The zero-order valence-corrected chi connectivity index (χ0v) is 13.3. The van der Waals surface area contributed by atoms with Crippen LogP contribution in [-0.2, 0) is 0 Å². The van der Waals surface area contributed by atoms with Gasteiger partial charge in [-0.25, -0.2) is 13.8 Å². The van der Waals surface area contributed by atoms with Gasteiger partial charge in [-0.05, 0) is 25.0 Å². The summed E-state index contributed by atoms with van der Waals surface area (Å²) in [4.78, 5) is 11.2. The smallest absolute Gasteiger partial charge is 0.167 e. The molecule has 2 aromatic rings. The van der Waals surface area contributed by atoms with Gasteiger partial charge in [-0.3, -0.25) is 4.98 Å². The van der Waals surface area contributed by atoms with E-state index in [0.29, 0.717) is 5.92 Å². The number of benzene rings is 1. The zero-order chi connectivity index (χ0) is 16.5. The van der Waals surface area contributed by atoms with E-state index in [1.807, 2.05) is 12.4 Å².